The van der Waals surface area contributed by atoms with Crippen LogP contribution < -0.4 is 0 Å². The fourth-order valence-corrected chi connectivity index (χ4v) is 5.11. The first-order valence-corrected chi connectivity index (χ1v) is 11.5. The molecule has 2 aliphatic heterocycles. The number of hydrogen-bond acceptors (Lipinski definition) is 4. The summed E-state index contributed by atoms with van der Waals surface area (Å²) >= 11 is 4.09. The van der Waals surface area contributed by atoms with Gasteiger partial charge in [0.25, 0.3) is 11.1 Å². The van der Waals surface area contributed by atoms with Crippen molar-refractivity contribution in [1.82, 2.24) is 14.4 Å². The number of likely N-dealkylation sites (tertiary alicyclic amines) is 1. The molecular weight excluding hydrogens is 485 g/mol. The third kappa shape index (κ3) is 4.21. The van der Waals surface area contributed by atoms with E-state index in [4.69, 9.17) is 0 Å². The van der Waals surface area contributed by atoms with Gasteiger partial charge in [-0.05, 0) is 74.4 Å². The van der Waals surface area contributed by atoms with Crippen molar-refractivity contribution < 1.29 is 18.8 Å². The van der Waals surface area contributed by atoms with Gasteiger partial charge >= 0.3 is 0 Å². The number of carbonyl (C=O) groups excluding carboxylic acids is 3. The molecule has 6 nitrogen and oxygen atoms in total. The van der Waals surface area contributed by atoms with E-state index in [0.717, 1.165) is 46.5 Å². The maximum Gasteiger partial charge on any atom is 0.294 e. The zero-order chi connectivity index (χ0) is 22.3. The van der Waals surface area contributed by atoms with E-state index in [0.29, 0.717) is 23.2 Å². The Morgan fingerprint density at radius 2 is 1.90 bits per heavy atom. The summed E-state index contributed by atoms with van der Waals surface area (Å²) in [4.78, 5) is 40.5. The molecule has 0 aliphatic carbocycles. The molecule has 2 aliphatic rings. The minimum absolute atomic E-state index is 0.204. The third-order valence-corrected chi connectivity index (χ3v) is 6.93. The summed E-state index contributed by atoms with van der Waals surface area (Å²) in [5.74, 6) is -1.05. The Hall–Kier alpha value is -2.39. The Morgan fingerprint density at radius 3 is 2.58 bits per heavy atom. The number of rotatable bonds is 4. The summed E-state index contributed by atoms with van der Waals surface area (Å²) in [6, 6.07) is 6.69. The highest BCUT2D eigenvalue weighted by Gasteiger charge is 2.37. The highest BCUT2D eigenvalue weighted by molar-refractivity contribution is 9.10. The monoisotopic (exact) mass is 505 g/mol. The molecule has 4 rings (SSSR count). The predicted octanol–water partition coefficient (Wildman–Crippen LogP) is 4.65. The van der Waals surface area contributed by atoms with Crippen LogP contribution in [0.25, 0.3) is 11.8 Å². The number of halogens is 2. The van der Waals surface area contributed by atoms with Gasteiger partial charge < -0.3 is 9.47 Å². The molecule has 0 spiro atoms. The Labute approximate surface area is 192 Å². The van der Waals surface area contributed by atoms with Crippen LogP contribution in [0.4, 0.5) is 9.18 Å². The van der Waals surface area contributed by atoms with Crippen LogP contribution in [0.1, 0.15) is 29.8 Å². The standard InChI is InChI=1S/C22H21BrFN3O3S/c1-13-9-15(14(2)27(13)18-6-5-16(23)11-17(18)24)10-19-21(29)26(22(30)31-19)12-20(28)25-7-3-4-8-25/h5-6,9-11H,3-4,7-8,12H2,1-2H3/b19-10+. The van der Waals surface area contributed by atoms with Crippen molar-refractivity contribution >= 4 is 50.8 Å². The minimum Gasteiger partial charge on any atom is -0.341 e. The van der Waals surface area contributed by atoms with Gasteiger partial charge in [0.05, 0.1) is 10.6 Å². The lowest BCUT2D eigenvalue weighted by atomic mass is 10.2. The Balaban J connectivity index is 1.60. The number of thioether (sulfide) groups is 1. The normalized spacial score (nSPS) is 18.0. The molecule has 2 aromatic rings. The Morgan fingerprint density at radius 1 is 1.19 bits per heavy atom. The molecule has 1 aromatic carbocycles. The van der Waals surface area contributed by atoms with Crippen LogP contribution in [-0.4, -0.2) is 51.1 Å². The number of hydrogen-bond donors (Lipinski definition) is 0. The van der Waals surface area contributed by atoms with Gasteiger partial charge in [0.1, 0.15) is 12.4 Å². The van der Waals surface area contributed by atoms with Crippen LogP contribution in [0.5, 0.6) is 0 Å². The lowest BCUT2D eigenvalue weighted by Gasteiger charge is -2.18. The van der Waals surface area contributed by atoms with Crippen molar-refractivity contribution in [2.45, 2.75) is 26.7 Å². The molecule has 2 saturated heterocycles. The second-order valence-electron chi connectivity index (χ2n) is 7.61. The number of benzene rings is 1. The van der Waals surface area contributed by atoms with Crippen LogP contribution >= 0.6 is 27.7 Å². The van der Waals surface area contributed by atoms with Gasteiger partial charge in [-0.1, -0.05) is 15.9 Å². The van der Waals surface area contributed by atoms with E-state index in [9.17, 15) is 18.8 Å². The van der Waals surface area contributed by atoms with Crippen molar-refractivity contribution in [1.29, 1.82) is 0 Å². The molecular formula is C22H21BrFN3O3S. The molecule has 0 bridgehead atoms. The molecule has 3 heterocycles. The maximum atomic E-state index is 14.5. The number of imide groups is 1. The Kier molecular flexibility index (Phi) is 6.07. The van der Waals surface area contributed by atoms with Crippen molar-refractivity contribution in [2.24, 2.45) is 0 Å². The van der Waals surface area contributed by atoms with E-state index in [1.54, 1.807) is 27.7 Å². The van der Waals surface area contributed by atoms with Crippen LogP contribution in [0, 0.1) is 19.7 Å². The number of nitrogens with zero attached hydrogens (tertiary/aromatic N) is 3. The minimum atomic E-state index is -0.470. The highest BCUT2D eigenvalue weighted by atomic mass is 79.9. The summed E-state index contributed by atoms with van der Waals surface area (Å²) in [5.41, 5.74) is 2.67. The lowest BCUT2D eigenvalue weighted by Crippen LogP contribution is -2.40. The lowest BCUT2D eigenvalue weighted by molar-refractivity contribution is -0.135. The molecule has 0 atom stereocenters. The first-order chi connectivity index (χ1) is 14.8. The van der Waals surface area contributed by atoms with Gasteiger partial charge in [-0.3, -0.25) is 19.3 Å². The first-order valence-electron chi connectivity index (χ1n) is 9.94. The fraction of sp³-hybridized carbons (Fsp3) is 0.318. The summed E-state index contributed by atoms with van der Waals surface area (Å²) in [6.45, 7) is 4.80. The highest BCUT2D eigenvalue weighted by Crippen LogP contribution is 2.34. The van der Waals surface area contributed by atoms with Gasteiger partial charge in [-0.15, -0.1) is 0 Å². The Bertz CT molecular complexity index is 1120. The van der Waals surface area contributed by atoms with Gasteiger partial charge in [0.15, 0.2) is 0 Å². The average molecular weight is 506 g/mol. The SMILES string of the molecule is Cc1cc(/C=C2/SC(=O)N(CC(=O)N3CCCC3)C2=O)c(C)n1-c1ccc(Br)cc1F. The van der Waals surface area contributed by atoms with Gasteiger partial charge in [-0.2, -0.15) is 0 Å². The van der Waals surface area contributed by atoms with E-state index < -0.39 is 11.1 Å². The van der Waals surface area contributed by atoms with Crippen molar-refractivity contribution in [2.75, 3.05) is 19.6 Å². The largest absolute Gasteiger partial charge is 0.341 e. The number of carbonyl (C=O) groups is 3. The van der Waals surface area contributed by atoms with Gasteiger partial charge in [0.2, 0.25) is 5.91 Å². The van der Waals surface area contributed by atoms with Crippen molar-refractivity contribution in [3.05, 3.63) is 56.4 Å². The molecule has 162 valence electrons. The maximum absolute atomic E-state index is 14.5. The number of amides is 3. The molecule has 31 heavy (non-hydrogen) atoms. The molecule has 2 fully saturated rings. The zero-order valence-corrected chi connectivity index (χ0v) is 19.6. The van der Waals surface area contributed by atoms with E-state index in [1.165, 1.54) is 6.07 Å². The number of aryl methyl sites for hydroxylation is 1. The molecule has 0 radical (unpaired) electrons. The average Bonchev–Trinajstić information content (AvgIpc) is 3.40. The molecule has 9 heteroatoms. The fourth-order valence-electron chi connectivity index (χ4n) is 3.95. The van der Waals surface area contributed by atoms with Gasteiger partial charge in [0, 0.05) is 29.0 Å². The summed E-state index contributed by atoms with van der Waals surface area (Å²) in [5, 5.41) is -0.448. The molecule has 0 N–H and O–H groups in total. The summed E-state index contributed by atoms with van der Waals surface area (Å²) < 4.78 is 16.9. The topological polar surface area (TPSA) is 62.6 Å². The second-order valence-corrected chi connectivity index (χ2v) is 9.52. The van der Waals surface area contributed by atoms with Crippen molar-refractivity contribution in [3.8, 4) is 5.69 Å². The van der Waals surface area contributed by atoms with Crippen LogP contribution in [0.2, 0.25) is 0 Å². The molecule has 3 amide bonds. The van der Waals surface area contributed by atoms with E-state index in [2.05, 4.69) is 15.9 Å². The molecule has 0 saturated carbocycles. The van der Waals surface area contributed by atoms with Crippen molar-refractivity contribution in [3.63, 3.8) is 0 Å². The molecule has 1 aromatic heterocycles. The number of aromatic nitrogens is 1. The van der Waals surface area contributed by atoms with E-state index in [1.807, 2.05) is 19.9 Å². The quantitative estimate of drug-likeness (QED) is 0.567. The van der Waals surface area contributed by atoms with Crippen LogP contribution in [0.3, 0.4) is 0 Å². The van der Waals surface area contributed by atoms with Gasteiger partial charge in [-0.25, -0.2) is 4.39 Å². The summed E-state index contributed by atoms with van der Waals surface area (Å²) in [7, 11) is 0. The predicted molar refractivity (Wildman–Crippen MR) is 121 cm³/mol. The second kappa shape index (κ2) is 8.63. The van der Waals surface area contributed by atoms with Crippen LogP contribution in [-0.2, 0) is 9.59 Å². The smallest absolute Gasteiger partial charge is 0.294 e. The summed E-state index contributed by atoms with van der Waals surface area (Å²) in [6.07, 6.45) is 3.53. The zero-order valence-electron chi connectivity index (χ0n) is 17.2. The molecule has 0 unspecified atom stereocenters. The first kappa shape index (κ1) is 21.8. The third-order valence-electron chi connectivity index (χ3n) is 5.53. The van der Waals surface area contributed by atoms with E-state index in [-0.39, 0.29) is 23.2 Å². The van der Waals surface area contributed by atoms with Crippen LogP contribution in [0.15, 0.2) is 33.6 Å². The van der Waals surface area contributed by atoms with E-state index >= 15 is 0 Å².